The second-order valence-corrected chi connectivity index (χ2v) is 12.0. The first-order chi connectivity index (χ1) is 20.8. The van der Waals surface area contributed by atoms with Gasteiger partial charge in [-0.15, -0.1) is 0 Å². The molecule has 0 saturated heterocycles. The minimum absolute atomic E-state index is 0.892. The van der Waals surface area contributed by atoms with E-state index in [1.165, 1.54) is 54.7 Å². The van der Waals surface area contributed by atoms with Crippen LogP contribution in [0.1, 0.15) is 33.4 Å². The van der Waals surface area contributed by atoms with Crippen molar-refractivity contribution in [1.82, 2.24) is 9.13 Å². The third-order valence-corrected chi connectivity index (χ3v) is 10.5. The van der Waals surface area contributed by atoms with Gasteiger partial charge in [-0.2, -0.15) is 0 Å². The lowest BCUT2D eigenvalue weighted by molar-refractivity contribution is -0.409. The molecule has 194 valence electrons. The molecule has 0 N–H and O–H groups in total. The lowest BCUT2D eigenvalue weighted by Crippen LogP contribution is -2.56. The molecule has 1 aliphatic carbocycles. The van der Waals surface area contributed by atoms with Crippen LogP contribution in [-0.4, -0.2) is 9.13 Å². The first-order valence-corrected chi connectivity index (χ1v) is 14.5. The largest absolute Gasteiger partial charge is 0.308 e. The van der Waals surface area contributed by atoms with Crippen LogP contribution in [0.4, 0.5) is 0 Å². The Kier molecular flexibility index (Phi) is 3.12. The zero-order valence-corrected chi connectivity index (χ0v) is 22.3. The summed E-state index contributed by atoms with van der Waals surface area (Å²) in [6.45, 7) is 0. The molecule has 2 atom stereocenters. The second-order valence-electron chi connectivity index (χ2n) is 12.0. The Morgan fingerprint density at radius 3 is 1.29 bits per heavy atom. The summed E-state index contributed by atoms with van der Waals surface area (Å²) in [5, 5.41) is 4.95. The molecular formula is C38H20N2O2. The molecule has 6 heterocycles. The van der Waals surface area contributed by atoms with Gasteiger partial charge in [-0.3, -0.25) is 0 Å². The van der Waals surface area contributed by atoms with E-state index >= 15 is 0 Å². The van der Waals surface area contributed by atoms with E-state index in [0.717, 1.165) is 33.6 Å². The fourth-order valence-corrected chi connectivity index (χ4v) is 9.10. The summed E-state index contributed by atoms with van der Waals surface area (Å²) in [6, 6.07) is 44.2. The van der Waals surface area contributed by atoms with Crippen LogP contribution in [0.15, 0.2) is 121 Å². The Morgan fingerprint density at radius 2 is 0.786 bits per heavy atom. The smallest absolute Gasteiger partial charge is 0.183 e. The predicted molar refractivity (Wildman–Crippen MR) is 163 cm³/mol. The number of rotatable bonds is 0. The van der Waals surface area contributed by atoms with E-state index in [1.54, 1.807) is 0 Å². The Hall–Kier alpha value is -5.16. The van der Waals surface area contributed by atoms with E-state index in [-0.39, 0.29) is 0 Å². The van der Waals surface area contributed by atoms with Crippen molar-refractivity contribution in [2.45, 2.75) is 11.2 Å². The van der Waals surface area contributed by atoms with Gasteiger partial charge >= 0.3 is 0 Å². The summed E-state index contributed by atoms with van der Waals surface area (Å²) in [6.07, 6.45) is 0. The summed E-state index contributed by atoms with van der Waals surface area (Å²) in [7, 11) is 0. The first-order valence-electron chi connectivity index (χ1n) is 14.5. The summed E-state index contributed by atoms with van der Waals surface area (Å²) in [5.41, 5.74) is 12.3. The van der Waals surface area contributed by atoms with Crippen molar-refractivity contribution in [2.75, 3.05) is 0 Å². The monoisotopic (exact) mass is 536 g/mol. The lowest BCUT2D eigenvalue weighted by Gasteiger charge is -2.56. The van der Waals surface area contributed by atoms with Crippen LogP contribution in [0.25, 0.3) is 55.0 Å². The molecule has 2 aromatic heterocycles. The van der Waals surface area contributed by atoms with Crippen LogP contribution in [0, 0.1) is 0 Å². The predicted octanol–water partition coefficient (Wildman–Crippen LogP) is 8.37. The molecule has 4 aliphatic heterocycles. The van der Waals surface area contributed by atoms with Crippen LogP contribution in [-0.2, 0) is 21.0 Å². The highest BCUT2D eigenvalue weighted by Crippen LogP contribution is 2.67. The average Bonchev–Trinajstić information content (AvgIpc) is 3.58. The van der Waals surface area contributed by atoms with Crippen molar-refractivity contribution >= 4 is 43.6 Å². The van der Waals surface area contributed by atoms with Crippen LogP contribution < -0.4 is 0 Å². The number of hydrogen-bond donors (Lipinski definition) is 0. The zero-order chi connectivity index (χ0) is 26.9. The minimum Gasteiger partial charge on any atom is -0.308 e. The van der Waals surface area contributed by atoms with Gasteiger partial charge in [0, 0.05) is 54.9 Å². The van der Waals surface area contributed by atoms with E-state index in [0.29, 0.717) is 0 Å². The molecule has 8 aromatic rings. The van der Waals surface area contributed by atoms with Crippen LogP contribution in [0.5, 0.6) is 0 Å². The maximum atomic E-state index is 6.92. The number of para-hydroxylation sites is 4. The van der Waals surface area contributed by atoms with Crippen molar-refractivity contribution in [2.24, 2.45) is 0 Å². The summed E-state index contributed by atoms with van der Waals surface area (Å²) in [4.78, 5) is 13.8. The maximum Gasteiger partial charge on any atom is 0.183 e. The van der Waals surface area contributed by atoms with E-state index < -0.39 is 11.2 Å². The summed E-state index contributed by atoms with van der Waals surface area (Å²) < 4.78 is 4.91. The van der Waals surface area contributed by atoms with E-state index in [9.17, 15) is 0 Å². The molecule has 2 unspecified atom stereocenters. The maximum absolute atomic E-state index is 6.92. The Balaban J connectivity index is 1.37. The van der Waals surface area contributed by atoms with E-state index in [1.807, 2.05) is 0 Å². The molecule has 0 radical (unpaired) electrons. The molecule has 2 spiro atoms. The van der Waals surface area contributed by atoms with Gasteiger partial charge in [0.2, 0.25) is 0 Å². The molecule has 4 heteroatoms. The third kappa shape index (κ3) is 1.83. The topological polar surface area (TPSA) is 28.3 Å². The molecule has 4 nitrogen and oxygen atoms in total. The number of aromatic nitrogens is 2. The van der Waals surface area contributed by atoms with Crippen molar-refractivity contribution in [3.8, 4) is 11.4 Å². The van der Waals surface area contributed by atoms with Gasteiger partial charge in [0.25, 0.3) is 0 Å². The Morgan fingerprint density at radius 1 is 0.381 bits per heavy atom. The van der Waals surface area contributed by atoms with Gasteiger partial charge in [-0.05, 0) is 24.3 Å². The quantitative estimate of drug-likeness (QED) is 0.182. The lowest BCUT2D eigenvalue weighted by atomic mass is 9.60. The van der Waals surface area contributed by atoms with Crippen LogP contribution in [0.2, 0.25) is 0 Å². The van der Waals surface area contributed by atoms with E-state index in [4.69, 9.17) is 9.78 Å². The van der Waals surface area contributed by atoms with Crippen molar-refractivity contribution < 1.29 is 9.78 Å². The summed E-state index contributed by atoms with van der Waals surface area (Å²) >= 11 is 0. The van der Waals surface area contributed by atoms with Gasteiger partial charge < -0.3 is 9.13 Å². The molecule has 2 bridgehead atoms. The molecule has 13 rings (SSSR count). The van der Waals surface area contributed by atoms with Crippen molar-refractivity contribution in [1.29, 1.82) is 0 Å². The fraction of sp³-hybridized carbons (Fsp3) is 0.0526. The highest BCUT2D eigenvalue weighted by atomic mass is 17.2. The van der Waals surface area contributed by atoms with Crippen molar-refractivity contribution in [3.63, 3.8) is 0 Å². The van der Waals surface area contributed by atoms with Crippen molar-refractivity contribution in [3.05, 3.63) is 155 Å². The fourth-order valence-electron chi connectivity index (χ4n) is 9.10. The number of benzene rings is 6. The molecule has 6 aromatic carbocycles. The molecule has 0 amide bonds. The second kappa shape index (κ2) is 6.34. The summed E-state index contributed by atoms with van der Waals surface area (Å²) in [5.74, 6) is 0. The Labute approximate surface area is 239 Å². The van der Waals surface area contributed by atoms with E-state index in [2.05, 4.69) is 130 Å². The average molecular weight is 537 g/mol. The SMILES string of the molecule is c1cc2c3c(c1)C14OOC3(c3cccc(c31)-n1c3ccccc3c3cccc4c31)c1cccc3c4ccccc4n-2c13. The van der Waals surface area contributed by atoms with Gasteiger partial charge in [-0.1, -0.05) is 97.1 Å². The number of hydrogen-bond acceptors (Lipinski definition) is 2. The molecule has 42 heavy (non-hydrogen) atoms. The highest BCUT2D eigenvalue weighted by Gasteiger charge is 2.65. The molecule has 5 aliphatic rings. The minimum atomic E-state index is -0.892. The van der Waals surface area contributed by atoms with Crippen LogP contribution in [0.3, 0.4) is 0 Å². The normalized spacial score (nSPS) is 21.8. The highest BCUT2D eigenvalue weighted by molar-refractivity contribution is 6.14. The third-order valence-electron chi connectivity index (χ3n) is 10.5. The first kappa shape index (κ1) is 20.7. The van der Waals surface area contributed by atoms with Gasteiger partial charge in [0.05, 0.1) is 33.4 Å². The van der Waals surface area contributed by atoms with Gasteiger partial charge in [0.15, 0.2) is 11.2 Å². The molecule has 0 fully saturated rings. The molecular weight excluding hydrogens is 516 g/mol. The number of nitrogens with zero attached hydrogens (tertiary/aromatic N) is 2. The van der Waals surface area contributed by atoms with Gasteiger partial charge in [-0.25, -0.2) is 9.78 Å². The Bertz CT molecular complexity index is 2420. The molecule has 0 saturated carbocycles. The van der Waals surface area contributed by atoms with Gasteiger partial charge in [0.1, 0.15) is 0 Å². The van der Waals surface area contributed by atoms with Crippen LogP contribution >= 0.6 is 0 Å². The standard InChI is InChI=1S/C38H20N2O2/c1-3-17-29-21(9-1)23-11-5-15-27-35(23)39(29)31-19-7-13-25-33(31)37(27)26-14-8-20-32-34(26)38(25,42-41-37)28-16-6-12-24-22-10-2-4-18-30(22)40(32)36(24)28/h1-20H. The zero-order valence-electron chi connectivity index (χ0n) is 22.3. The number of fused-ring (bicyclic) bond motifs is 9.